The highest BCUT2D eigenvalue weighted by Crippen LogP contribution is 2.21. The van der Waals surface area contributed by atoms with Crippen LogP contribution in [0.25, 0.3) is 0 Å². The standard InChI is InChI=1S/C13H15BrINO2/c1-3-6-16(7-8-18-2)13(17)11-9-10(15)4-5-12(11)14/h3-5,9H,1,6-8H2,2H3. The Morgan fingerprint density at radius 2 is 2.33 bits per heavy atom. The molecule has 0 aliphatic heterocycles. The maximum atomic E-state index is 12.4. The molecule has 98 valence electrons. The molecule has 0 aromatic heterocycles. The number of methoxy groups -OCH3 is 1. The minimum absolute atomic E-state index is 0.0164. The summed E-state index contributed by atoms with van der Waals surface area (Å²) >= 11 is 5.60. The second kappa shape index (κ2) is 7.91. The summed E-state index contributed by atoms with van der Waals surface area (Å²) in [4.78, 5) is 14.1. The van der Waals surface area contributed by atoms with Gasteiger partial charge in [0, 0.05) is 28.2 Å². The van der Waals surface area contributed by atoms with E-state index < -0.39 is 0 Å². The number of benzene rings is 1. The predicted molar refractivity (Wildman–Crippen MR) is 84.8 cm³/mol. The van der Waals surface area contributed by atoms with Gasteiger partial charge in [0.25, 0.3) is 5.91 Å². The molecule has 1 aromatic carbocycles. The SMILES string of the molecule is C=CCN(CCOC)C(=O)c1cc(I)ccc1Br. The summed E-state index contributed by atoms with van der Waals surface area (Å²) < 4.78 is 6.85. The van der Waals surface area contributed by atoms with Crippen LogP contribution in [0.5, 0.6) is 0 Å². The molecule has 0 bridgehead atoms. The van der Waals surface area contributed by atoms with Crippen molar-refractivity contribution < 1.29 is 9.53 Å². The van der Waals surface area contributed by atoms with Gasteiger partial charge in [-0.15, -0.1) is 6.58 Å². The van der Waals surface area contributed by atoms with Crippen molar-refractivity contribution in [1.82, 2.24) is 4.90 Å². The number of carbonyl (C=O) groups excluding carboxylic acids is 1. The van der Waals surface area contributed by atoms with Crippen LogP contribution in [0.2, 0.25) is 0 Å². The van der Waals surface area contributed by atoms with Crippen molar-refractivity contribution in [3.05, 3.63) is 44.5 Å². The van der Waals surface area contributed by atoms with E-state index in [1.165, 1.54) is 0 Å². The first-order valence-corrected chi connectivity index (χ1v) is 7.31. The average molecular weight is 424 g/mol. The van der Waals surface area contributed by atoms with Gasteiger partial charge < -0.3 is 9.64 Å². The van der Waals surface area contributed by atoms with E-state index in [2.05, 4.69) is 45.1 Å². The van der Waals surface area contributed by atoms with E-state index in [0.717, 1.165) is 8.04 Å². The largest absolute Gasteiger partial charge is 0.383 e. The van der Waals surface area contributed by atoms with Crippen molar-refractivity contribution in [3.63, 3.8) is 0 Å². The molecule has 3 nitrogen and oxygen atoms in total. The Morgan fingerprint density at radius 3 is 2.94 bits per heavy atom. The highest BCUT2D eigenvalue weighted by Gasteiger charge is 2.17. The number of hydrogen-bond donors (Lipinski definition) is 0. The monoisotopic (exact) mass is 423 g/mol. The fourth-order valence-corrected chi connectivity index (χ4v) is 2.37. The lowest BCUT2D eigenvalue weighted by Crippen LogP contribution is -2.34. The number of amides is 1. The van der Waals surface area contributed by atoms with E-state index >= 15 is 0 Å². The number of rotatable bonds is 6. The van der Waals surface area contributed by atoms with Gasteiger partial charge in [0.05, 0.1) is 12.2 Å². The second-order valence-corrected chi connectivity index (χ2v) is 5.76. The van der Waals surface area contributed by atoms with Crippen LogP contribution >= 0.6 is 38.5 Å². The van der Waals surface area contributed by atoms with Crippen LogP contribution in [-0.2, 0) is 4.74 Å². The molecule has 0 atom stereocenters. The van der Waals surface area contributed by atoms with Gasteiger partial charge in [-0.3, -0.25) is 4.79 Å². The lowest BCUT2D eigenvalue weighted by Gasteiger charge is -2.21. The Labute approximate surface area is 129 Å². The summed E-state index contributed by atoms with van der Waals surface area (Å²) in [5.74, 6) is -0.0164. The lowest BCUT2D eigenvalue weighted by atomic mass is 10.2. The average Bonchev–Trinajstić information content (AvgIpc) is 2.36. The third-order valence-corrected chi connectivity index (χ3v) is 3.72. The molecule has 0 aliphatic rings. The van der Waals surface area contributed by atoms with Gasteiger partial charge in [-0.1, -0.05) is 6.08 Å². The molecule has 0 radical (unpaired) electrons. The van der Waals surface area contributed by atoms with E-state index in [-0.39, 0.29) is 5.91 Å². The molecule has 0 fully saturated rings. The first kappa shape index (κ1) is 15.7. The van der Waals surface area contributed by atoms with E-state index in [1.807, 2.05) is 18.2 Å². The summed E-state index contributed by atoms with van der Waals surface area (Å²) in [6.07, 6.45) is 1.72. The van der Waals surface area contributed by atoms with Crippen molar-refractivity contribution in [2.24, 2.45) is 0 Å². The van der Waals surface area contributed by atoms with Crippen LogP contribution in [-0.4, -0.2) is 37.6 Å². The van der Waals surface area contributed by atoms with Gasteiger partial charge in [-0.05, 0) is 56.7 Å². The Morgan fingerprint density at radius 1 is 1.61 bits per heavy atom. The maximum absolute atomic E-state index is 12.4. The van der Waals surface area contributed by atoms with E-state index in [9.17, 15) is 4.79 Å². The molecule has 0 unspecified atom stereocenters. The molecule has 18 heavy (non-hydrogen) atoms. The minimum atomic E-state index is -0.0164. The smallest absolute Gasteiger partial charge is 0.255 e. The van der Waals surface area contributed by atoms with Gasteiger partial charge >= 0.3 is 0 Å². The Bertz CT molecular complexity index is 437. The topological polar surface area (TPSA) is 29.5 Å². The van der Waals surface area contributed by atoms with E-state index in [1.54, 1.807) is 18.1 Å². The number of halogens is 2. The summed E-state index contributed by atoms with van der Waals surface area (Å²) in [6, 6.07) is 5.71. The summed E-state index contributed by atoms with van der Waals surface area (Å²) in [7, 11) is 1.62. The molecule has 1 aromatic rings. The maximum Gasteiger partial charge on any atom is 0.255 e. The molecule has 5 heteroatoms. The number of hydrogen-bond acceptors (Lipinski definition) is 2. The van der Waals surface area contributed by atoms with Crippen molar-refractivity contribution >= 4 is 44.4 Å². The second-order valence-electron chi connectivity index (χ2n) is 3.66. The summed E-state index contributed by atoms with van der Waals surface area (Å²) in [6.45, 7) is 5.26. The van der Waals surface area contributed by atoms with Crippen molar-refractivity contribution in [1.29, 1.82) is 0 Å². The summed E-state index contributed by atoms with van der Waals surface area (Å²) in [5, 5.41) is 0. The normalized spacial score (nSPS) is 10.2. The molecule has 0 spiro atoms. The number of nitrogens with zero attached hydrogens (tertiary/aromatic N) is 1. The Kier molecular flexibility index (Phi) is 6.88. The molecule has 1 rings (SSSR count). The highest BCUT2D eigenvalue weighted by molar-refractivity contribution is 14.1. The molecule has 0 saturated carbocycles. The Balaban J connectivity index is 2.93. The van der Waals surface area contributed by atoms with Crippen LogP contribution in [0.4, 0.5) is 0 Å². The molecular formula is C13H15BrINO2. The molecule has 0 N–H and O–H groups in total. The minimum Gasteiger partial charge on any atom is -0.383 e. The lowest BCUT2D eigenvalue weighted by molar-refractivity contribution is 0.0717. The number of ether oxygens (including phenoxy) is 1. The molecular weight excluding hydrogens is 409 g/mol. The van der Waals surface area contributed by atoms with Crippen molar-refractivity contribution in [2.45, 2.75) is 0 Å². The van der Waals surface area contributed by atoms with Crippen LogP contribution in [0, 0.1) is 3.57 Å². The number of carbonyl (C=O) groups is 1. The van der Waals surface area contributed by atoms with Gasteiger partial charge in [0.15, 0.2) is 0 Å². The summed E-state index contributed by atoms with van der Waals surface area (Å²) in [5.41, 5.74) is 0.667. The first-order chi connectivity index (χ1) is 8.60. The van der Waals surface area contributed by atoms with Gasteiger partial charge in [0.2, 0.25) is 0 Å². The van der Waals surface area contributed by atoms with Gasteiger partial charge in [-0.2, -0.15) is 0 Å². The third kappa shape index (κ3) is 4.37. The Hall–Kier alpha value is -0.400. The fourth-order valence-electron chi connectivity index (χ4n) is 1.46. The first-order valence-electron chi connectivity index (χ1n) is 5.44. The van der Waals surface area contributed by atoms with Gasteiger partial charge in [-0.25, -0.2) is 0 Å². The molecule has 1 amide bonds. The van der Waals surface area contributed by atoms with Crippen LogP contribution < -0.4 is 0 Å². The highest BCUT2D eigenvalue weighted by atomic mass is 127. The van der Waals surface area contributed by atoms with Gasteiger partial charge in [0.1, 0.15) is 0 Å². The van der Waals surface area contributed by atoms with Crippen molar-refractivity contribution in [3.8, 4) is 0 Å². The fraction of sp³-hybridized carbons (Fsp3) is 0.308. The molecule has 0 heterocycles. The van der Waals surface area contributed by atoms with E-state index in [4.69, 9.17) is 4.74 Å². The van der Waals surface area contributed by atoms with E-state index in [0.29, 0.717) is 25.3 Å². The van der Waals surface area contributed by atoms with Crippen molar-refractivity contribution in [2.75, 3.05) is 26.8 Å². The molecule has 0 saturated heterocycles. The van der Waals surface area contributed by atoms with Crippen LogP contribution in [0.3, 0.4) is 0 Å². The third-order valence-electron chi connectivity index (χ3n) is 2.36. The zero-order valence-electron chi connectivity index (χ0n) is 10.2. The quantitative estimate of drug-likeness (QED) is 0.518. The van der Waals surface area contributed by atoms with Crippen LogP contribution in [0.15, 0.2) is 35.3 Å². The predicted octanol–water partition coefficient (Wildman–Crippen LogP) is 3.33. The zero-order valence-corrected chi connectivity index (χ0v) is 13.9. The zero-order chi connectivity index (χ0) is 13.5. The molecule has 0 aliphatic carbocycles. The van der Waals surface area contributed by atoms with Crippen LogP contribution in [0.1, 0.15) is 10.4 Å².